The molecule has 0 radical (unpaired) electrons. The third-order valence-electron chi connectivity index (χ3n) is 5.78. The van der Waals surface area contributed by atoms with E-state index < -0.39 is 0 Å². The highest BCUT2D eigenvalue weighted by Gasteiger charge is 2.07. The van der Waals surface area contributed by atoms with E-state index in [0.29, 0.717) is 24.5 Å². The summed E-state index contributed by atoms with van der Waals surface area (Å²) in [5.74, 6) is 0.719. The van der Waals surface area contributed by atoms with Gasteiger partial charge in [-0.05, 0) is 35.7 Å². The van der Waals surface area contributed by atoms with Crippen molar-refractivity contribution in [2.24, 2.45) is 5.10 Å². The monoisotopic (exact) mass is 495 g/mol. The maximum atomic E-state index is 12.0. The first kappa shape index (κ1) is 28.9. The summed E-state index contributed by atoms with van der Waals surface area (Å²) < 4.78 is 11.3. The molecule has 0 aliphatic carbocycles. The zero-order valence-corrected chi connectivity index (χ0v) is 21.8. The molecule has 2 rings (SSSR count). The van der Waals surface area contributed by atoms with Crippen LogP contribution in [0.5, 0.6) is 11.5 Å². The first-order valence-corrected chi connectivity index (χ1v) is 13.1. The van der Waals surface area contributed by atoms with Crippen molar-refractivity contribution in [3.63, 3.8) is 0 Å². The first-order chi connectivity index (χ1) is 17.6. The van der Waals surface area contributed by atoms with E-state index in [1.807, 2.05) is 36.4 Å². The van der Waals surface area contributed by atoms with E-state index in [1.54, 1.807) is 19.2 Å². The second-order valence-electron chi connectivity index (χ2n) is 8.83. The zero-order valence-electron chi connectivity index (χ0n) is 21.8. The van der Waals surface area contributed by atoms with Gasteiger partial charge in [0.15, 0.2) is 11.5 Å². The van der Waals surface area contributed by atoms with Gasteiger partial charge in [0.25, 0.3) is 5.91 Å². The average Bonchev–Trinajstić information content (AvgIpc) is 2.90. The van der Waals surface area contributed by atoms with Gasteiger partial charge >= 0.3 is 0 Å². The Bertz CT molecular complexity index is 931. The molecule has 0 aliphatic rings. The average molecular weight is 496 g/mol. The molecule has 0 saturated heterocycles. The Balaban J connectivity index is 1.62. The summed E-state index contributed by atoms with van der Waals surface area (Å²) in [7, 11) is 1.57. The fourth-order valence-corrected chi connectivity index (χ4v) is 3.70. The second-order valence-corrected chi connectivity index (χ2v) is 8.83. The molecule has 0 aromatic heterocycles. The van der Waals surface area contributed by atoms with Crippen LogP contribution in [0.4, 0.5) is 0 Å². The molecule has 0 bridgehead atoms. The number of hydrogen-bond donors (Lipinski definition) is 2. The van der Waals surface area contributed by atoms with Gasteiger partial charge in [-0.3, -0.25) is 9.59 Å². The maximum Gasteiger partial charge on any atom is 0.259 e. The fraction of sp³-hybridized carbons (Fsp3) is 0.483. The molecule has 7 heteroatoms. The van der Waals surface area contributed by atoms with Crippen LogP contribution in [0.3, 0.4) is 0 Å². The van der Waals surface area contributed by atoms with Crippen molar-refractivity contribution in [3.05, 3.63) is 59.7 Å². The smallest absolute Gasteiger partial charge is 0.259 e. The zero-order chi connectivity index (χ0) is 25.8. The van der Waals surface area contributed by atoms with Gasteiger partial charge in [-0.2, -0.15) is 5.10 Å². The number of benzene rings is 2. The summed E-state index contributed by atoms with van der Waals surface area (Å²) in [5.41, 5.74) is 4.24. The van der Waals surface area contributed by atoms with Gasteiger partial charge in [-0.15, -0.1) is 0 Å². The van der Waals surface area contributed by atoms with E-state index in [2.05, 4.69) is 22.8 Å². The van der Waals surface area contributed by atoms with E-state index in [1.165, 1.54) is 51.2 Å². The molecule has 0 unspecified atom stereocenters. The van der Waals surface area contributed by atoms with E-state index in [0.717, 1.165) is 24.0 Å². The number of carbonyl (C=O) groups excluding carboxylic acids is 2. The molecule has 0 heterocycles. The van der Waals surface area contributed by atoms with Crippen molar-refractivity contribution < 1.29 is 19.1 Å². The number of nitrogens with zero attached hydrogens (tertiary/aromatic N) is 1. The second kappa shape index (κ2) is 18.0. The van der Waals surface area contributed by atoms with Crippen LogP contribution in [0.1, 0.15) is 82.3 Å². The lowest BCUT2D eigenvalue weighted by molar-refractivity contribution is -0.126. The maximum absolute atomic E-state index is 12.0. The van der Waals surface area contributed by atoms with Crippen molar-refractivity contribution in [2.45, 2.75) is 77.7 Å². The standard InChI is InChI=1S/C29H41N3O4/c1-3-4-5-6-7-8-9-10-14-17-28(33)30-22-29(34)32-31-21-25-18-19-26(27(20-25)35-2)36-23-24-15-12-11-13-16-24/h11-13,15-16,18-21H,3-10,14,17,22-23H2,1-2H3,(H,30,33)(H,32,34)/b31-21+. The van der Waals surface area contributed by atoms with E-state index in [-0.39, 0.29) is 18.4 Å². The topological polar surface area (TPSA) is 89.0 Å². The Morgan fingerprint density at radius 2 is 1.56 bits per heavy atom. The number of amides is 2. The molecule has 36 heavy (non-hydrogen) atoms. The molecule has 0 saturated carbocycles. The van der Waals surface area contributed by atoms with E-state index in [4.69, 9.17) is 9.47 Å². The Labute approximate surface area is 215 Å². The SMILES string of the molecule is CCCCCCCCCCCC(=O)NCC(=O)N/N=C/c1ccc(OCc2ccccc2)c(OC)c1. The highest BCUT2D eigenvalue weighted by molar-refractivity contribution is 5.86. The highest BCUT2D eigenvalue weighted by Crippen LogP contribution is 2.28. The molecule has 0 fully saturated rings. The van der Waals surface area contributed by atoms with Gasteiger partial charge in [0.2, 0.25) is 5.91 Å². The largest absolute Gasteiger partial charge is 0.493 e. The van der Waals surface area contributed by atoms with Crippen molar-refractivity contribution >= 4 is 18.0 Å². The van der Waals surface area contributed by atoms with Gasteiger partial charge in [0.1, 0.15) is 6.61 Å². The number of ether oxygens (including phenoxy) is 2. The van der Waals surface area contributed by atoms with Crippen LogP contribution in [0.25, 0.3) is 0 Å². The molecule has 7 nitrogen and oxygen atoms in total. The van der Waals surface area contributed by atoms with Crippen molar-refractivity contribution in [1.29, 1.82) is 0 Å². The summed E-state index contributed by atoms with van der Waals surface area (Å²) in [6.45, 7) is 2.57. The first-order valence-electron chi connectivity index (χ1n) is 13.1. The lowest BCUT2D eigenvalue weighted by Crippen LogP contribution is -2.34. The minimum absolute atomic E-state index is 0.0941. The van der Waals surface area contributed by atoms with Crippen molar-refractivity contribution in [2.75, 3.05) is 13.7 Å². The molecule has 2 aromatic rings. The molecular weight excluding hydrogens is 454 g/mol. The summed E-state index contributed by atoms with van der Waals surface area (Å²) in [4.78, 5) is 23.9. The lowest BCUT2D eigenvalue weighted by atomic mass is 10.1. The van der Waals surface area contributed by atoms with Crippen LogP contribution in [0.2, 0.25) is 0 Å². The predicted octanol–water partition coefficient (Wildman–Crippen LogP) is 5.76. The van der Waals surface area contributed by atoms with Crippen molar-refractivity contribution in [1.82, 2.24) is 10.7 Å². The minimum Gasteiger partial charge on any atom is -0.493 e. The Hall–Kier alpha value is -3.35. The van der Waals surface area contributed by atoms with Gasteiger partial charge in [-0.25, -0.2) is 5.43 Å². The molecule has 2 aromatic carbocycles. The lowest BCUT2D eigenvalue weighted by Gasteiger charge is -2.11. The Morgan fingerprint density at radius 1 is 0.861 bits per heavy atom. The van der Waals surface area contributed by atoms with Gasteiger partial charge in [0, 0.05) is 6.42 Å². The predicted molar refractivity (Wildman–Crippen MR) is 144 cm³/mol. The van der Waals surface area contributed by atoms with Crippen LogP contribution in [-0.2, 0) is 16.2 Å². The third-order valence-corrected chi connectivity index (χ3v) is 5.78. The molecule has 0 atom stereocenters. The Morgan fingerprint density at radius 3 is 2.25 bits per heavy atom. The molecule has 0 aliphatic heterocycles. The number of rotatable bonds is 18. The van der Waals surface area contributed by atoms with Crippen LogP contribution in [-0.4, -0.2) is 31.7 Å². The quantitative estimate of drug-likeness (QED) is 0.156. The normalized spacial score (nSPS) is 10.8. The van der Waals surface area contributed by atoms with E-state index >= 15 is 0 Å². The number of carbonyl (C=O) groups is 2. The molecule has 2 N–H and O–H groups in total. The molecule has 196 valence electrons. The van der Waals surface area contributed by atoms with Crippen molar-refractivity contribution in [3.8, 4) is 11.5 Å². The summed E-state index contributed by atoms with van der Waals surface area (Å²) in [6, 6.07) is 15.3. The minimum atomic E-state index is -0.374. The van der Waals surface area contributed by atoms with Gasteiger partial charge < -0.3 is 14.8 Å². The van der Waals surface area contributed by atoms with Gasteiger partial charge in [0.05, 0.1) is 19.9 Å². The number of hydrazone groups is 1. The van der Waals surface area contributed by atoms with Crippen LogP contribution < -0.4 is 20.2 Å². The molecule has 2 amide bonds. The summed E-state index contributed by atoms with van der Waals surface area (Å²) in [5, 5.41) is 6.62. The van der Waals surface area contributed by atoms with Crippen LogP contribution in [0, 0.1) is 0 Å². The highest BCUT2D eigenvalue weighted by atomic mass is 16.5. The van der Waals surface area contributed by atoms with Crippen LogP contribution in [0.15, 0.2) is 53.6 Å². The number of hydrogen-bond acceptors (Lipinski definition) is 5. The number of unbranched alkanes of at least 4 members (excludes halogenated alkanes) is 8. The molecule has 0 spiro atoms. The fourth-order valence-electron chi connectivity index (χ4n) is 3.70. The number of methoxy groups -OCH3 is 1. The molecular formula is C29H41N3O4. The Kier molecular flexibility index (Phi) is 14.4. The number of nitrogens with one attached hydrogen (secondary N) is 2. The summed E-state index contributed by atoms with van der Waals surface area (Å²) >= 11 is 0. The van der Waals surface area contributed by atoms with E-state index in [9.17, 15) is 9.59 Å². The summed E-state index contributed by atoms with van der Waals surface area (Å²) in [6.07, 6.45) is 12.8. The van der Waals surface area contributed by atoms with Crippen LogP contribution >= 0.6 is 0 Å². The third kappa shape index (κ3) is 12.4. The van der Waals surface area contributed by atoms with Gasteiger partial charge in [-0.1, -0.05) is 88.6 Å².